The Morgan fingerprint density at radius 1 is 1.15 bits per heavy atom. The molecule has 1 rings (SSSR count). The third-order valence-corrected chi connectivity index (χ3v) is 2.64. The van der Waals surface area contributed by atoms with Gasteiger partial charge in [-0.1, -0.05) is 33.1 Å². The lowest BCUT2D eigenvalue weighted by atomic mass is 9.76. The van der Waals surface area contributed by atoms with Crippen LogP contribution in [0, 0.1) is 5.41 Å². The zero-order chi connectivity index (χ0) is 10.3. The first-order valence-corrected chi connectivity index (χ1v) is 5.27. The highest BCUT2D eigenvalue weighted by Gasteiger charge is 2.35. The van der Waals surface area contributed by atoms with Gasteiger partial charge in [-0.2, -0.15) is 0 Å². The normalized spacial score (nSPS) is 19.7. The van der Waals surface area contributed by atoms with Crippen LogP contribution in [-0.2, 0) is 9.53 Å². The van der Waals surface area contributed by atoms with E-state index in [1.165, 1.54) is 26.4 Å². The van der Waals surface area contributed by atoms with Gasteiger partial charge < -0.3 is 4.74 Å². The van der Waals surface area contributed by atoms with Gasteiger partial charge >= 0.3 is 5.97 Å². The van der Waals surface area contributed by atoms with E-state index < -0.39 is 0 Å². The van der Waals surface area contributed by atoms with Crippen LogP contribution in [0.3, 0.4) is 0 Å². The second kappa shape index (κ2) is 6.01. The molecule has 0 aromatic rings. The minimum atomic E-state index is -0.174. The van der Waals surface area contributed by atoms with Crippen LogP contribution in [0.5, 0.6) is 0 Å². The van der Waals surface area contributed by atoms with Gasteiger partial charge in [0, 0.05) is 0 Å². The third kappa shape index (κ3) is 3.37. The Morgan fingerprint density at radius 3 is 2.00 bits per heavy atom. The molecule has 2 nitrogen and oxygen atoms in total. The number of carbonyl (C=O) groups is 1. The average molecular weight is 186 g/mol. The van der Waals surface area contributed by atoms with Crippen molar-refractivity contribution in [2.24, 2.45) is 5.41 Å². The Balaban J connectivity index is 0.000000671. The topological polar surface area (TPSA) is 26.3 Å². The van der Waals surface area contributed by atoms with Crippen molar-refractivity contribution in [2.45, 2.75) is 52.9 Å². The molecule has 2 heteroatoms. The summed E-state index contributed by atoms with van der Waals surface area (Å²) >= 11 is 0. The molecule has 0 aromatic heterocycles. The number of ether oxygens (including phenoxy) is 1. The van der Waals surface area contributed by atoms with Gasteiger partial charge in [0.05, 0.1) is 12.5 Å². The average Bonchev–Trinajstić information content (AvgIpc) is 2.21. The number of methoxy groups -OCH3 is 1. The van der Waals surface area contributed by atoms with E-state index in [2.05, 4.69) is 0 Å². The molecule has 1 aliphatic rings. The van der Waals surface area contributed by atoms with E-state index in [1.54, 1.807) is 0 Å². The van der Waals surface area contributed by atoms with Gasteiger partial charge in [-0.05, 0) is 19.8 Å². The molecule has 0 N–H and O–H groups in total. The van der Waals surface area contributed by atoms with Crippen LogP contribution in [0.4, 0.5) is 0 Å². The molecule has 0 saturated heterocycles. The number of rotatable bonds is 1. The molecule has 0 aliphatic heterocycles. The van der Waals surface area contributed by atoms with Crippen molar-refractivity contribution in [3.63, 3.8) is 0 Å². The molecular weight excluding hydrogens is 164 g/mol. The van der Waals surface area contributed by atoms with Crippen LogP contribution in [0.2, 0.25) is 0 Å². The van der Waals surface area contributed by atoms with Gasteiger partial charge in [-0.3, -0.25) is 4.79 Å². The third-order valence-electron chi connectivity index (χ3n) is 2.64. The van der Waals surface area contributed by atoms with Crippen LogP contribution in [0.1, 0.15) is 52.9 Å². The number of hydrogen-bond acceptors (Lipinski definition) is 2. The monoisotopic (exact) mass is 186 g/mol. The maximum atomic E-state index is 11.3. The molecule has 0 heterocycles. The lowest BCUT2D eigenvalue weighted by Gasteiger charge is -2.30. The summed E-state index contributed by atoms with van der Waals surface area (Å²) in [6, 6.07) is 0. The fourth-order valence-corrected chi connectivity index (χ4v) is 1.78. The Hall–Kier alpha value is -0.530. The number of hydrogen-bond donors (Lipinski definition) is 0. The maximum Gasteiger partial charge on any atom is 0.311 e. The van der Waals surface area contributed by atoms with Crippen LogP contribution in [0.25, 0.3) is 0 Å². The van der Waals surface area contributed by atoms with E-state index in [0.717, 1.165) is 12.8 Å². The summed E-state index contributed by atoms with van der Waals surface area (Å²) in [7, 11) is 1.47. The van der Waals surface area contributed by atoms with Crippen molar-refractivity contribution in [1.82, 2.24) is 0 Å². The predicted octanol–water partition coefficient (Wildman–Crippen LogP) is 3.16. The van der Waals surface area contributed by atoms with Crippen molar-refractivity contribution >= 4 is 5.97 Å². The summed E-state index contributed by atoms with van der Waals surface area (Å²) < 4.78 is 4.75. The summed E-state index contributed by atoms with van der Waals surface area (Å²) in [5.74, 6) is -0.0304. The first-order chi connectivity index (χ1) is 6.19. The number of esters is 1. The predicted molar refractivity (Wildman–Crippen MR) is 54.6 cm³/mol. The zero-order valence-corrected chi connectivity index (χ0v) is 9.35. The number of carbonyl (C=O) groups excluding carboxylic acids is 1. The van der Waals surface area contributed by atoms with Crippen LogP contribution >= 0.6 is 0 Å². The van der Waals surface area contributed by atoms with E-state index in [0.29, 0.717) is 0 Å². The first-order valence-electron chi connectivity index (χ1n) is 5.27. The van der Waals surface area contributed by atoms with Crippen LogP contribution in [0.15, 0.2) is 0 Å². The summed E-state index contributed by atoms with van der Waals surface area (Å²) in [6.07, 6.45) is 5.61. The largest absolute Gasteiger partial charge is 0.469 e. The maximum absolute atomic E-state index is 11.3. The molecule has 78 valence electrons. The molecule has 1 saturated carbocycles. The molecule has 0 bridgehead atoms. The molecular formula is C11H22O2. The van der Waals surface area contributed by atoms with Crippen LogP contribution < -0.4 is 0 Å². The molecule has 0 aromatic carbocycles. The second-order valence-electron chi connectivity index (χ2n) is 3.61. The summed E-state index contributed by atoms with van der Waals surface area (Å²) in [5, 5.41) is 0. The Bertz CT molecular complexity index is 146. The van der Waals surface area contributed by atoms with Gasteiger partial charge in [0.15, 0.2) is 0 Å². The van der Waals surface area contributed by atoms with Crippen LogP contribution in [-0.4, -0.2) is 13.1 Å². The van der Waals surface area contributed by atoms with Gasteiger partial charge in [0.1, 0.15) is 0 Å². The summed E-state index contributed by atoms with van der Waals surface area (Å²) in [6.45, 7) is 6.01. The van der Waals surface area contributed by atoms with E-state index in [-0.39, 0.29) is 11.4 Å². The quantitative estimate of drug-likeness (QED) is 0.588. The standard InChI is InChI=1S/C9H16O2.C2H6/c1-9(8(10)11-2)6-4-3-5-7-9;1-2/h3-7H2,1-2H3;1-2H3. The fraction of sp³-hybridized carbons (Fsp3) is 0.909. The van der Waals surface area contributed by atoms with Gasteiger partial charge in [-0.25, -0.2) is 0 Å². The highest BCUT2D eigenvalue weighted by Crippen LogP contribution is 2.36. The van der Waals surface area contributed by atoms with Gasteiger partial charge in [0.2, 0.25) is 0 Å². The molecule has 13 heavy (non-hydrogen) atoms. The van der Waals surface area contributed by atoms with Crippen molar-refractivity contribution in [3.8, 4) is 0 Å². The van der Waals surface area contributed by atoms with Crippen molar-refractivity contribution in [3.05, 3.63) is 0 Å². The van der Waals surface area contributed by atoms with E-state index in [1.807, 2.05) is 20.8 Å². The molecule has 1 fully saturated rings. The lowest BCUT2D eigenvalue weighted by Crippen LogP contribution is -2.31. The molecule has 0 amide bonds. The van der Waals surface area contributed by atoms with E-state index in [4.69, 9.17) is 4.74 Å². The molecule has 0 atom stereocenters. The molecule has 0 spiro atoms. The Labute approximate surface area is 81.7 Å². The SMILES string of the molecule is CC.COC(=O)C1(C)CCCCC1. The van der Waals surface area contributed by atoms with Gasteiger partial charge in [-0.15, -0.1) is 0 Å². The minimum Gasteiger partial charge on any atom is -0.469 e. The highest BCUT2D eigenvalue weighted by molar-refractivity contribution is 5.76. The summed E-state index contributed by atoms with van der Waals surface area (Å²) in [5.41, 5.74) is -0.174. The second-order valence-corrected chi connectivity index (χ2v) is 3.61. The Kier molecular flexibility index (Phi) is 5.76. The Morgan fingerprint density at radius 2 is 1.62 bits per heavy atom. The fourth-order valence-electron chi connectivity index (χ4n) is 1.78. The van der Waals surface area contributed by atoms with Crippen molar-refractivity contribution in [1.29, 1.82) is 0 Å². The first kappa shape index (κ1) is 12.5. The lowest BCUT2D eigenvalue weighted by molar-refractivity contribution is -0.153. The van der Waals surface area contributed by atoms with Crippen molar-refractivity contribution < 1.29 is 9.53 Å². The minimum absolute atomic E-state index is 0.0304. The molecule has 1 aliphatic carbocycles. The van der Waals surface area contributed by atoms with E-state index >= 15 is 0 Å². The van der Waals surface area contributed by atoms with E-state index in [9.17, 15) is 4.79 Å². The molecule has 0 radical (unpaired) electrons. The van der Waals surface area contributed by atoms with Gasteiger partial charge in [0.25, 0.3) is 0 Å². The molecule has 0 unspecified atom stereocenters. The summed E-state index contributed by atoms with van der Waals surface area (Å²) in [4.78, 5) is 11.3. The highest BCUT2D eigenvalue weighted by atomic mass is 16.5. The zero-order valence-electron chi connectivity index (χ0n) is 9.35. The smallest absolute Gasteiger partial charge is 0.311 e. The van der Waals surface area contributed by atoms with Crippen molar-refractivity contribution in [2.75, 3.05) is 7.11 Å².